The predicted octanol–water partition coefficient (Wildman–Crippen LogP) is 4.65. The Hall–Kier alpha value is -4.17. The van der Waals surface area contributed by atoms with E-state index in [2.05, 4.69) is 19.8 Å². The van der Waals surface area contributed by atoms with E-state index in [-0.39, 0.29) is 36.6 Å². The molecular formula is C29H31F3N4O7. The van der Waals surface area contributed by atoms with Crippen molar-refractivity contribution in [2.75, 3.05) is 20.2 Å². The van der Waals surface area contributed by atoms with Crippen molar-refractivity contribution in [1.29, 1.82) is 0 Å². The molecule has 1 saturated heterocycles. The van der Waals surface area contributed by atoms with Crippen molar-refractivity contribution in [3.63, 3.8) is 0 Å². The highest BCUT2D eigenvalue weighted by atomic mass is 19.4. The zero-order valence-electron chi connectivity index (χ0n) is 23.3. The number of ether oxygens (including phenoxy) is 3. The first-order valence-corrected chi connectivity index (χ1v) is 13.8. The van der Waals surface area contributed by atoms with E-state index in [4.69, 9.17) is 19.8 Å². The van der Waals surface area contributed by atoms with Crippen LogP contribution in [-0.4, -0.2) is 66.7 Å². The van der Waals surface area contributed by atoms with E-state index in [1.807, 2.05) is 0 Å². The number of halogens is 3. The topological polar surface area (TPSA) is 139 Å². The number of nitrogens with zero attached hydrogens (tertiary/aromatic N) is 3. The van der Waals surface area contributed by atoms with Crippen LogP contribution in [0, 0.1) is 0 Å². The number of guanidine groups is 1. The molecule has 1 aromatic carbocycles. The van der Waals surface area contributed by atoms with Gasteiger partial charge >= 0.3 is 18.3 Å². The van der Waals surface area contributed by atoms with Crippen LogP contribution in [0.5, 0.6) is 0 Å². The summed E-state index contributed by atoms with van der Waals surface area (Å²) in [5.41, 5.74) is 7.81. The molecule has 1 atom stereocenters. The third-order valence-corrected chi connectivity index (χ3v) is 7.42. The molecule has 2 N–H and O–H groups in total. The van der Waals surface area contributed by atoms with Gasteiger partial charge in [-0.05, 0) is 61.5 Å². The third kappa shape index (κ3) is 7.62. The second-order valence-electron chi connectivity index (χ2n) is 10.4. The van der Waals surface area contributed by atoms with Crippen LogP contribution >= 0.6 is 0 Å². The zero-order chi connectivity index (χ0) is 30.6. The smallest absolute Gasteiger partial charge is 0.465 e. The highest BCUT2D eigenvalue weighted by Crippen LogP contribution is 2.44. The van der Waals surface area contributed by atoms with E-state index in [1.54, 1.807) is 23.1 Å². The average molecular weight is 605 g/mol. The van der Waals surface area contributed by atoms with E-state index < -0.39 is 24.4 Å². The number of carbonyl (C=O) groups is 2. The fourth-order valence-electron chi connectivity index (χ4n) is 4.98. The summed E-state index contributed by atoms with van der Waals surface area (Å²) >= 11 is 0. The van der Waals surface area contributed by atoms with Crippen molar-refractivity contribution < 1.29 is 46.3 Å². The number of piperidine rings is 1. The van der Waals surface area contributed by atoms with Crippen molar-refractivity contribution in [3.8, 4) is 0 Å². The molecule has 1 unspecified atom stereocenters. The molecule has 2 heterocycles. The first-order chi connectivity index (χ1) is 20.6. The Labute approximate surface area is 245 Å². The molecule has 0 spiro atoms. The van der Waals surface area contributed by atoms with Crippen molar-refractivity contribution >= 4 is 23.5 Å². The van der Waals surface area contributed by atoms with E-state index in [0.29, 0.717) is 54.1 Å². The Kier molecular flexibility index (Phi) is 9.16. The van der Waals surface area contributed by atoms with Crippen LogP contribution < -0.4 is 5.73 Å². The van der Waals surface area contributed by atoms with E-state index in [1.165, 1.54) is 31.4 Å². The Morgan fingerprint density at radius 1 is 1.09 bits per heavy atom. The maximum Gasteiger partial charge on any atom is 0.523 e. The summed E-state index contributed by atoms with van der Waals surface area (Å²) in [7, 11) is 1.26. The Bertz CT molecular complexity index is 1410. The molecule has 2 aromatic rings. The molecule has 230 valence electrons. The quantitative estimate of drug-likeness (QED) is 0.141. The van der Waals surface area contributed by atoms with Gasteiger partial charge in [0.05, 0.1) is 37.1 Å². The number of hydrogen-bond acceptors (Lipinski definition) is 9. The summed E-state index contributed by atoms with van der Waals surface area (Å²) in [6.07, 6.45) is 1.78. The number of likely N-dealkylation sites (tertiary alicyclic amines) is 1. The van der Waals surface area contributed by atoms with Crippen LogP contribution in [0.25, 0.3) is 5.57 Å². The van der Waals surface area contributed by atoms with Crippen molar-refractivity contribution in [1.82, 2.24) is 10.1 Å². The number of hydrogen-bond donors (Lipinski definition) is 1. The zero-order valence-corrected chi connectivity index (χ0v) is 23.3. The molecule has 2 aliphatic carbocycles. The van der Waals surface area contributed by atoms with E-state index in [0.717, 1.165) is 12.8 Å². The number of alkyl halides is 3. The van der Waals surface area contributed by atoms with Crippen LogP contribution in [0.15, 0.2) is 52.2 Å². The number of allylic oxidation sites excluding steroid dienone is 2. The Balaban J connectivity index is 1.16. The maximum atomic E-state index is 13.1. The molecule has 1 saturated carbocycles. The van der Waals surface area contributed by atoms with Gasteiger partial charge in [0.2, 0.25) is 5.96 Å². The van der Waals surface area contributed by atoms with E-state index >= 15 is 0 Å². The summed E-state index contributed by atoms with van der Waals surface area (Å²) < 4.78 is 60.0. The number of benzene rings is 1. The minimum Gasteiger partial charge on any atom is -0.465 e. The fraction of sp³-hybridized carbons (Fsp3) is 0.448. The van der Waals surface area contributed by atoms with Gasteiger partial charge in [-0.25, -0.2) is 9.59 Å². The van der Waals surface area contributed by atoms with E-state index in [9.17, 15) is 22.8 Å². The maximum absolute atomic E-state index is 13.1. The lowest BCUT2D eigenvalue weighted by atomic mass is 9.95. The molecule has 11 nitrogen and oxygen atoms in total. The van der Waals surface area contributed by atoms with Crippen LogP contribution in [0.1, 0.15) is 75.8 Å². The molecule has 0 radical (unpaired) electrons. The van der Waals surface area contributed by atoms with Gasteiger partial charge < -0.3 is 29.5 Å². The van der Waals surface area contributed by atoms with Gasteiger partial charge in [-0.1, -0.05) is 23.4 Å². The molecule has 0 amide bonds. The molecule has 14 heteroatoms. The SMILES string of the molecule is COC(=O)c1ccc(C(=O)O/N=C(\N)N2CCC(OCc3c(C4=CC=CCC4OC(F)(F)F)noc3C3CC3)CC2)cc1. The molecule has 1 aromatic heterocycles. The largest absolute Gasteiger partial charge is 0.523 e. The summed E-state index contributed by atoms with van der Waals surface area (Å²) in [4.78, 5) is 30.6. The number of carbonyl (C=O) groups excluding carboxylic acids is 2. The molecule has 0 bridgehead atoms. The summed E-state index contributed by atoms with van der Waals surface area (Å²) in [5, 5.41) is 7.90. The second kappa shape index (κ2) is 13.0. The lowest BCUT2D eigenvalue weighted by Crippen LogP contribution is -2.44. The number of methoxy groups -OCH3 is 1. The predicted molar refractivity (Wildman–Crippen MR) is 145 cm³/mol. The number of aromatic nitrogens is 1. The van der Waals surface area contributed by atoms with Crippen LogP contribution in [0.2, 0.25) is 0 Å². The molecule has 2 fully saturated rings. The van der Waals surface area contributed by atoms with Gasteiger partial charge in [0.1, 0.15) is 11.5 Å². The summed E-state index contributed by atoms with van der Waals surface area (Å²) in [5.74, 6) is -0.411. The normalized spacial score (nSPS) is 19.7. The van der Waals surface area contributed by atoms with Crippen LogP contribution in [0.4, 0.5) is 13.2 Å². The summed E-state index contributed by atoms with van der Waals surface area (Å²) in [6.45, 7) is 1.09. The minimum absolute atomic E-state index is 0.0309. The first kappa shape index (κ1) is 30.3. The monoisotopic (exact) mass is 604 g/mol. The molecule has 43 heavy (non-hydrogen) atoms. The minimum atomic E-state index is -4.79. The molecule has 5 rings (SSSR count). The number of rotatable bonds is 9. The molecule has 3 aliphatic rings. The fourth-order valence-corrected chi connectivity index (χ4v) is 4.98. The van der Waals surface area contributed by atoms with Gasteiger partial charge in [-0.2, -0.15) is 0 Å². The summed E-state index contributed by atoms with van der Waals surface area (Å²) in [6, 6.07) is 5.72. The lowest BCUT2D eigenvalue weighted by Gasteiger charge is -2.32. The second-order valence-corrected chi connectivity index (χ2v) is 10.4. The molecule has 1 aliphatic heterocycles. The van der Waals surface area contributed by atoms with Gasteiger partial charge in [0.25, 0.3) is 0 Å². The van der Waals surface area contributed by atoms with Crippen LogP contribution in [-0.2, 0) is 25.7 Å². The average Bonchev–Trinajstić information content (AvgIpc) is 3.77. The van der Waals surface area contributed by atoms with Crippen molar-refractivity contribution in [3.05, 3.63) is 70.6 Å². The van der Waals surface area contributed by atoms with Crippen molar-refractivity contribution in [2.24, 2.45) is 10.9 Å². The van der Waals surface area contributed by atoms with Gasteiger partial charge in [-0.15, -0.1) is 13.2 Å². The first-order valence-electron chi connectivity index (χ1n) is 13.8. The highest BCUT2D eigenvalue weighted by molar-refractivity contribution is 5.93. The van der Waals surface area contributed by atoms with Crippen LogP contribution in [0.3, 0.4) is 0 Å². The lowest BCUT2D eigenvalue weighted by molar-refractivity contribution is -0.334. The van der Waals surface area contributed by atoms with Crippen molar-refractivity contribution in [2.45, 2.75) is 63.2 Å². The third-order valence-electron chi connectivity index (χ3n) is 7.42. The number of esters is 1. The Morgan fingerprint density at radius 2 is 1.77 bits per heavy atom. The highest BCUT2D eigenvalue weighted by Gasteiger charge is 2.39. The van der Waals surface area contributed by atoms with Gasteiger partial charge in [0, 0.05) is 30.1 Å². The standard InChI is InChI=1S/C29H31F3N4O7/c1-39-26(37)18-8-10-19(11-9-18)27(38)43-35-28(33)36-14-12-20(13-15-36)40-16-22-24(34-42-25(22)17-6-7-17)21-4-2-3-5-23(21)41-29(30,31)32/h2-4,8-11,17,20,23H,5-7,12-16H2,1H3,(H2,33,35). The van der Waals surface area contributed by atoms with Gasteiger partial charge in [0.15, 0.2) is 0 Å². The number of oxime groups is 1. The molecular weight excluding hydrogens is 573 g/mol. The Morgan fingerprint density at radius 3 is 2.40 bits per heavy atom. The number of nitrogens with two attached hydrogens (primary N) is 1. The van der Waals surface area contributed by atoms with Gasteiger partial charge in [-0.3, -0.25) is 4.74 Å².